The maximum absolute atomic E-state index is 3.54. The van der Waals surface area contributed by atoms with Crippen molar-refractivity contribution in [3.63, 3.8) is 0 Å². The summed E-state index contributed by atoms with van der Waals surface area (Å²) in [6.45, 7) is 6.10. The normalized spacial score (nSPS) is 36.4. The molecule has 2 heteroatoms. The van der Waals surface area contributed by atoms with E-state index in [1.165, 1.54) is 71.0 Å². The summed E-state index contributed by atoms with van der Waals surface area (Å²) in [5, 5.41) is 3.54. The van der Waals surface area contributed by atoms with Crippen molar-refractivity contribution in [3.8, 4) is 0 Å². The lowest BCUT2D eigenvalue weighted by Crippen LogP contribution is -2.59. The zero-order valence-corrected chi connectivity index (χ0v) is 11.4. The van der Waals surface area contributed by atoms with Crippen LogP contribution in [0.15, 0.2) is 0 Å². The van der Waals surface area contributed by atoms with Gasteiger partial charge in [-0.05, 0) is 50.6 Å². The molecule has 1 N–H and O–H groups in total. The molecule has 1 saturated heterocycles. The zero-order valence-electron chi connectivity index (χ0n) is 11.4. The van der Waals surface area contributed by atoms with Gasteiger partial charge in [0.1, 0.15) is 0 Å². The van der Waals surface area contributed by atoms with Crippen molar-refractivity contribution in [1.82, 2.24) is 10.2 Å². The van der Waals surface area contributed by atoms with Crippen molar-refractivity contribution >= 4 is 0 Å². The summed E-state index contributed by atoms with van der Waals surface area (Å²) < 4.78 is 0. The highest BCUT2D eigenvalue weighted by Gasteiger charge is 2.50. The van der Waals surface area contributed by atoms with Crippen molar-refractivity contribution in [2.75, 3.05) is 19.6 Å². The Kier molecular flexibility index (Phi) is 3.45. The molecular weight excluding hydrogens is 208 g/mol. The number of rotatable bonds is 3. The Morgan fingerprint density at radius 3 is 2.47 bits per heavy atom. The zero-order chi connectivity index (χ0) is 11.7. The number of nitrogens with one attached hydrogen (secondary N) is 1. The van der Waals surface area contributed by atoms with Crippen LogP contribution >= 0.6 is 0 Å². The monoisotopic (exact) mass is 236 g/mol. The molecule has 1 heterocycles. The Bertz CT molecular complexity index is 252. The summed E-state index contributed by atoms with van der Waals surface area (Å²) in [4.78, 5) is 2.86. The van der Waals surface area contributed by atoms with Gasteiger partial charge in [0, 0.05) is 18.6 Å². The fraction of sp³-hybridized carbons (Fsp3) is 1.00. The SMILES string of the molecule is CCN(C1CCNC1)C1CCC12CCCCC2. The topological polar surface area (TPSA) is 15.3 Å². The first-order chi connectivity index (χ1) is 8.36. The molecule has 0 aromatic carbocycles. The molecule has 0 amide bonds. The lowest BCUT2D eigenvalue weighted by molar-refractivity contribution is -0.0656. The summed E-state index contributed by atoms with van der Waals surface area (Å²) in [5.41, 5.74) is 0.747. The minimum Gasteiger partial charge on any atom is -0.315 e. The molecule has 2 unspecified atom stereocenters. The molecule has 1 spiro atoms. The van der Waals surface area contributed by atoms with Crippen molar-refractivity contribution in [3.05, 3.63) is 0 Å². The van der Waals surface area contributed by atoms with Gasteiger partial charge < -0.3 is 5.32 Å². The fourth-order valence-corrected chi connectivity index (χ4v) is 4.69. The highest BCUT2D eigenvalue weighted by atomic mass is 15.2. The Balaban J connectivity index is 1.69. The maximum atomic E-state index is 3.54. The van der Waals surface area contributed by atoms with Gasteiger partial charge >= 0.3 is 0 Å². The van der Waals surface area contributed by atoms with Gasteiger partial charge in [-0.2, -0.15) is 0 Å². The molecule has 2 atom stereocenters. The predicted molar refractivity (Wildman–Crippen MR) is 72.2 cm³/mol. The summed E-state index contributed by atoms with van der Waals surface area (Å²) >= 11 is 0. The second-order valence-electron chi connectivity index (χ2n) is 6.45. The quantitative estimate of drug-likeness (QED) is 0.810. The van der Waals surface area contributed by atoms with Gasteiger partial charge in [0.2, 0.25) is 0 Å². The predicted octanol–water partition coefficient (Wildman–Crippen LogP) is 2.78. The van der Waals surface area contributed by atoms with Gasteiger partial charge in [0.25, 0.3) is 0 Å². The molecule has 0 bridgehead atoms. The third-order valence-corrected chi connectivity index (χ3v) is 5.74. The van der Waals surface area contributed by atoms with Crippen LogP contribution in [0.3, 0.4) is 0 Å². The maximum Gasteiger partial charge on any atom is 0.0235 e. The Morgan fingerprint density at radius 2 is 1.94 bits per heavy atom. The van der Waals surface area contributed by atoms with Gasteiger partial charge in [0.05, 0.1) is 0 Å². The average molecular weight is 236 g/mol. The minimum absolute atomic E-state index is 0.747. The molecule has 98 valence electrons. The first-order valence-electron chi connectivity index (χ1n) is 7.82. The van der Waals surface area contributed by atoms with E-state index in [4.69, 9.17) is 0 Å². The molecule has 0 aromatic rings. The highest BCUT2D eigenvalue weighted by Crippen LogP contribution is 2.54. The Labute approximate surface area is 106 Å². The van der Waals surface area contributed by atoms with Gasteiger partial charge in [-0.3, -0.25) is 4.90 Å². The second-order valence-corrected chi connectivity index (χ2v) is 6.45. The van der Waals surface area contributed by atoms with Crippen LogP contribution in [0, 0.1) is 5.41 Å². The van der Waals surface area contributed by atoms with E-state index in [0.717, 1.165) is 17.5 Å². The number of hydrogen-bond donors (Lipinski definition) is 1. The highest BCUT2D eigenvalue weighted by molar-refractivity contribution is 5.04. The van der Waals surface area contributed by atoms with Crippen LogP contribution in [0.4, 0.5) is 0 Å². The summed E-state index contributed by atoms with van der Waals surface area (Å²) in [6.07, 6.45) is 11.9. The van der Waals surface area contributed by atoms with E-state index < -0.39 is 0 Å². The van der Waals surface area contributed by atoms with Gasteiger partial charge in [-0.25, -0.2) is 0 Å². The lowest BCUT2D eigenvalue weighted by atomic mass is 9.56. The summed E-state index contributed by atoms with van der Waals surface area (Å²) in [7, 11) is 0. The summed E-state index contributed by atoms with van der Waals surface area (Å²) in [5.74, 6) is 0. The van der Waals surface area contributed by atoms with E-state index in [2.05, 4.69) is 17.1 Å². The standard InChI is InChI=1S/C15H28N2/c1-2-17(13-7-11-16-12-13)14-6-10-15(14)8-4-3-5-9-15/h13-14,16H,2-12H2,1H3. The van der Waals surface area contributed by atoms with E-state index in [9.17, 15) is 0 Å². The van der Waals surface area contributed by atoms with Crippen molar-refractivity contribution < 1.29 is 0 Å². The molecule has 0 radical (unpaired) electrons. The van der Waals surface area contributed by atoms with Crippen molar-refractivity contribution in [2.45, 2.75) is 70.4 Å². The van der Waals surface area contributed by atoms with Gasteiger partial charge in [-0.1, -0.05) is 26.2 Å². The van der Waals surface area contributed by atoms with E-state index in [0.29, 0.717) is 0 Å². The van der Waals surface area contributed by atoms with E-state index >= 15 is 0 Å². The van der Waals surface area contributed by atoms with Crippen LogP contribution in [0.5, 0.6) is 0 Å². The van der Waals surface area contributed by atoms with Crippen LogP contribution in [-0.4, -0.2) is 36.6 Å². The molecule has 3 aliphatic rings. The summed E-state index contributed by atoms with van der Waals surface area (Å²) in [6, 6.07) is 1.77. The van der Waals surface area contributed by atoms with Gasteiger partial charge in [-0.15, -0.1) is 0 Å². The Morgan fingerprint density at radius 1 is 1.12 bits per heavy atom. The molecular formula is C15H28N2. The van der Waals surface area contributed by atoms with Crippen LogP contribution in [0.1, 0.15) is 58.3 Å². The van der Waals surface area contributed by atoms with Crippen molar-refractivity contribution in [1.29, 1.82) is 0 Å². The number of likely N-dealkylation sites (N-methyl/N-ethyl adjacent to an activating group) is 1. The van der Waals surface area contributed by atoms with Crippen molar-refractivity contribution in [2.24, 2.45) is 5.41 Å². The molecule has 3 fully saturated rings. The van der Waals surface area contributed by atoms with Crippen LogP contribution < -0.4 is 5.32 Å². The smallest absolute Gasteiger partial charge is 0.0235 e. The molecule has 3 rings (SSSR count). The molecule has 0 aromatic heterocycles. The third kappa shape index (κ3) is 2.04. The van der Waals surface area contributed by atoms with E-state index in [1.54, 1.807) is 0 Å². The number of hydrogen-bond acceptors (Lipinski definition) is 2. The molecule has 2 aliphatic carbocycles. The first-order valence-corrected chi connectivity index (χ1v) is 7.82. The van der Waals surface area contributed by atoms with Crippen LogP contribution in [0.2, 0.25) is 0 Å². The largest absolute Gasteiger partial charge is 0.315 e. The third-order valence-electron chi connectivity index (χ3n) is 5.74. The molecule has 1 aliphatic heterocycles. The van der Waals surface area contributed by atoms with Crippen LogP contribution in [0.25, 0.3) is 0 Å². The second kappa shape index (κ2) is 4.89. The lowest BCUT2D eigenvalue weighted by Gasteiger charge is -2.57. The minimum atomic E-state index is 0.747. The Hall–Kier alpha value is -0.0800. The van der Waals surface area contributed by atoms with E-state index in [1.807, 2.05) is 0 Å². The fourth-order valence-electron chi connectivity index (χ4n) is 4.69. The molecule has 2 saturated carbocycles. The van der Waals surface area contributed by atoms with Crippen LogP contribution in [-0.2, 0) is 0 Å². The average Bonchev–Trinajstić information content (AvgIpc) is 2.89. The van der Waals surface area contributed by atoms with E-state index in [-0.39, 0.29) is 0 Å². The van der Waals surface area contributed by atoms with Gasteiger partial charge in [0.15, 0.2) is 0 Å². The molecule has 17 heavy (non-hydrogen) atoms. The molecule has 2 nitrogen and oxygen atoms in total. The number of nitrogens with zero attached hydrogens (tertiary/aromatic N) is 1. The first kappa shape index (κ1) is 12.0.